The molecule has 2 aromatic rings. The van der Waals surface area contributed by atoms with Crippen LogP contribution in [0.25, 0.3) is 10.8 Å². The molecule has 82 valence electrons. The number of hydrogen-bond donors (Lipinski definition) is 1. The minimum absolute atomic E-state index is 0.0415. The number of methoxy groups -OCH3 is 1. The van der Waals surface area contributed by atoms with Gasteiger partial charge in [-0.25, -0.2) is 4.39 Å². The van der Waals surface area contributed by atoms with Crippen LogP contribution in [0, 0.1) is 18.2 Å². The molecular weight excluding hydrogens is 218 g/mol. The van der Waals surface area contributed by atoms with Crippen molar-refractivity contribution in [1.29, 1.82) is 0 Å². The van der Waals surface area contributed by atoms with Crippen LogP contribution < -0.4 is 10.2 Å². The third-order valence-corrected chi connectivity index (χ3v) is 2.54. The second-order valence-corrected chi connectivity index (χ2v) is 3.54. The molecule has 0 fully saturated rings. The van der Waals surface area contributed by atoms with Crippen LogP contribution in [0.2, 0.25) is 0 Å². The van der Waals surface area contributed by atoms with E-state index in [-0.39, 0.29) is 5.56 Å². The highest BCUT2D eigenvalue weighted by molar-refractivity contribution is 6.39. The Morgan fingerprint density at radius 1 is 1.41 bits per heavy atom. The molecular formula is C13H8BFO2. The van der Waals surface area contributed by atoms with Gasteiger partial charge in [-0.05, 0) is 29.0 Å². The molecule has 2 radical (unpaired) electrons. The Kier molecular flexibility index (Phi) is 2.68. The molecule has 0 aliphatic heterocycles. The first-order valence-corrected chi connectivity index (χ1v) is 4.83. The van der Waals surface area contributed by atoms with Gasteiger partial charge in [0.1, 0.15) is 13.6 Å². The second-order valence-electron chi connectivity index (χ2n) is 3.54. The van der Waals surface area contributed by atoms with Gasteiger partial charge in [-0.1, -0.05) is 11.4 Å². The molecule has 0 saturated carbocycles. The summed E-state index contributed by atoms with van der Waals surface area (Å²) in [6.07, 6.45) is 5.24. The maximum absolute atomic E-state index is 13.6. The van der Waals surface area contributed by atoms with Gasteiger partial charge in [0.2, 0.25) is 0 Å². The van der Waals surface area contributed by atoms with Crippen molar-refractivity contribution in [2.45, 2.75) is 0 Å². The highest BCUT2D eigenvalue weighted by Crippen LogP contribution is 2.29. The smallest absolute Gasteiger partial charge is 0.180 e. The normalized spacial score (nSPS) is 10.2. The largest absolute Gasteiger partial charge is 0.505 e. The molecule has 0 heterocycles. The van der Waals surface area contributed by atoms with Crippen LogP contribution in [0.5, 0.6) is 11.5 Å². The van der Waals surface area contributed by atoms with Gasteiger partial charge in [-0.3, -0.25) is 0 Å². The maximum atomic E-state index is 13.6. The molecule has 0 bridgehead atoms. The summed E-state index contributed by atoms with van der Waals surface area (Å²) in [5.41, 5.74) is 0.270. The summed E-state index contributed by atoms with van der Waals surface area (Å²) in [6, 6.07) is 4.45. The predicted molar refractivity (Wildman–Crippen MR) is 65.4 cm³/mol. The Bertz CT molecular complexity index is 644. The van der Waals surface area contributed by atoms with E-state index in [4.69, 9.17) is 19.0 Å². The van der Waals surface area contributed by atoms with Crippen LogP contribution in [-0.4, -0.2) is 20.1 Å². The van der Waals surface area contributed by atoms with Gasteiger partial charge >= 0.3 is 0 Å². The van der Waals surface area contributed by atoms with E-state index < -0.39 is 11.6 Å². The van der Waals surface area contributed by atoms with E-state index >= 15 is 0 Å². The number of terminal acetylenes is 1. The summed E-state index contributed by atoms with van der Waals surface area (Å²) in [4.78, 5) is 0. The summed E-state index contributed by atoms with van der Waals surface area (Å²) >= 11 is 0. The zero-order valence-electron chi connectivity index (χ0n) is 9.12. The van der Waals surface area contributed by atoms with E-state index in [2.05, 4.69) is 5.92 Å². The molecule has 0 unspecified atom stereocenters. The van der Waals surface area contributed by atoms with E-state index in [1.807, 2.05) is 0 Å². The molecule has 2 aromatic carbocycles. The number of hydrogen-bond acceptors (Lipinski definition) is 2. The van der Waals surface area contributed by atoms with E-state index in [1.54, 1.807) is 12.1 Å². The van der Waals surface area contributed by atoms with Gasteiger partial charge in [-0.15, -0.1) is 6.42 Å². The van der Waals surface area contributed by atoms with Gasteiger partial charge in [0.25, 0.3) is 0 Å². The average Bonchev–Trinajstić information content (AvgIpc) is 2.31. The number of rotatable bonds is 1. The van der Waals surface area contributed by atoms with Crippen molar-refractivity contribution in [3.8, 4) is 23.8 Å². The zero-order valence-corrected chi connectivity index (χ0v) is 9.12. The summed E-state index contributed by atoms with van der Waals surface area (Å²) < 4.78 is 18.7. The number of phenols is 1. The molecule has 17 heavy (non-hydrogen) atoms. The third-order valence-electron chi connectivity index (χ3n) is 2.54. The van der Waals surface area contributed by atoms with Gasteiger partial charge < -0.3 is 9.84 Å². The molecule has 0 aliphatic carbocycles. The molecule has 0 spiro atoms. The number of halogens is 1. The Balaban J connectivity index is 2.96. The first-order chi connectivity index (χ1) is 8.08. The van der Waals surface area contributed by atoms with Crippen LogP contribution in [0.1, 0.15) is 5.56 Å². The number of ether oxygens (including phenoxy) is 1. The molecule has 4 heteroatoms. The van der Waals surface area contributed by atoms with Crippen LogP contribution in [0.3, 0.4) is 0 Å². The molecule has 2 nitrogen and oxygen atoms in total. The lowest BCUT2D eigenvalue weighted by Crippen LogP contribution is -2.07. The number of aromatic hydroxyl groups is 1. The highest BCUT2D eigenvalue weighted by Gasteiger charge is 2.13. The third kappa shape index (κ3) is 1.70. The number of phenolic OH excluding ortho intramolecular Hbond substituents is 1. The monoisotopic (exact) mass is 226 g/mol. The fourth-order valence-corrected chi connectivity index (χ4v) is 1.76. The molecule has 0 aliphatic rings. The lowest BCUT2D eigenvalue weighted by molar-refractivity contribution is 0.415. The van der Waals surface area contributed by atoms with Crippen molar-refractivity contribution in [3.05, 3.63) is 29.6 Å². The van der Waals surface area contributed by atoms with E-state index in [0.29, 0.717) is 22.0 Å². The van der Waals surface area contributed by atoms with Gasteiger partial charge in [0.15, 0.2) is 11.6 Å². The van der Waals surface area contributed by atoms with Crippen LogP contribution in [0.4, 0.5) is 4.39 Å². The van der Waals surface area contributed by atoms with Crippen LogP contribution in [-0.2, 0) is 0 Å². The number of benzene rings is 2. The van der Waals surface area contributed by atoms with Crippen molar-refractivity contribution in [1.82, 2.24) is 0 Å². The Morgan fingerprint density at radius 2 is 2.12 bits per heavy atom. The predicted octanol–water partition coefficient (Wildman–Crippen LogP) is 1.47. The summed E-state index contributed by atoms with van der Waals surface area (Å²) in [5.74, 6) is 1.38. The zero-order chi connectivity index (χ0) is 12.6. The van der Waals surface area contributed by atoms with Gasteiger partial charge in [0.05, 0.1) is 12.7 Å². The van der Waals surface area contributed by atoms with Crippen LogP contribution >= 0.6 is 0 Å². The van der Waals surface area contributed by atoms with Crippen molar-refractivity contribution >= 4 is 24.1 Å². The first-order valence-electron chi connectivity index (χ1n) is 4.83. The lowest BCUT2D eigenvalue weighted by atomic mass is 9.87. The highest BCUT2D eigenvalue weighted by atomic mass is 19.1. The lowest BCUT2D eigenvalue weighted by Gasteiger charge is -2.10. The van der Waals surface area contributed by atoms with Crippen molar-refractivity contribution in [3.63, 3.8) is 0 Å². The quantitative estimate of drug-likeness (QED) is 0.589. The van der Waals surface area contributed by atoms with Gasteiger partial charge in [0, 0.05) is 0 Å². The SMILES string of the molecule is [B]c1cc(OC)cc2cc(O)c(F)c(C#C)c12. The van der Waals surface area contributed by atoms with E-state index in [1.165, 1.54) is 13.2 Å². The summed E-state index contributed by atoms with van der Waals surface area (Å²) in [5, 5.41) is 10.4. The van der Waals surface area contributed by atoms with Crippen molar-refractivity contribution < 1.29 is 14.2 Å². The number of fused-ring (bicyclic) bond motifs is 1. The summed E-state index contributed by atoms with van der Waals surface area (Å²) in [7, 11) is 7.30. The minimum atomic E-state index is -0.836. The maximum Gasteiger partial charge on any atom is 0.180 e. The van der Waals surface area contributed by atoms with Gasteiger partial charge in [-0.2, -0.15) is 0 Å². The van der Waals surface area contributed by atoms with E-state index in [0.717, 1.165) is 0 Å². The molecule has 2 rings (SSSR count). The van der Waals surface area contributed by atoms with Crippen molar-refractivity contribution in [2.75, 3.05) is 7.11 Å². The second kappa shape index (κ2) is 4.02. The molecule has 0 atom stereocenters. The minimum Gasteiger partial charge on any atom is -0.505 e. The van der Waals surface area contributed by atoms with Crippen LogP contribution in [0.15, 0.2) is 18.2 Å². The Hall–Kier alpha value is -2.15. The standard InChI is InChI=1S/C13H8BFO2/c1-3-9-12-7(5-11(16)13(9)15)4-8(17-2)6-10(12)14/h1,4-6,16H,2H3. The fraction of sp³-hybridized carbons (Fsp3) is 0.0769. The van der Waals surface area contributed by atoms with E-state index in [9.17, 15) is 9.50 Å². The molecule has 0 saturated heterocycles. The van der Waals surface area contributed by atoms with Crippen molar-refractivity contribution in [2.24, 2.45) is 0 Å². The summed E-state index contributed by atoms with van der Waals surface area (Å²) in [6.45, 7) is 0. The topological polar surface area (TPSA) is 29.5 Å². The molecule has 0 aromatic heterocycles. The molecule has 1 N–H and O–H groups in total. The Labute approximate surface area is 99.4 Å². The average molecular weight is 226 g/mol. The molecule has 0 amide bonds. The first kappa shape index (κ1) is 11.3. The Morgan fingerprint density at radius 3 is 2.71 bits per heavy atom. The fourth-order valence-electron chi connectivity index (χ4n) is 1.76.